The number of carbonyl (C=O) groups excluding carboxylic acids is 1. The normalized spacial score (nSPS) is 10.8. The van der Waals surface area contributed by atoms with E-state index >= 15 is 0 Å². The highest BCUT2D eigenvalue weighted by Gasteiger charge is 2.05. The van der Waals surface area contributed by atoms with Crippen LogP contribution in [0.4, 0.5) is 4.39 Å². The van der Waals surface area contributed by atoms with Crippen LogP contribution >= 0.6 is 0 Å². The Bertz CT molecular complexity index is 833. The summed E-state index contributed by atoms with van der Waals surface area (Å²) >= 11 is 0. The zero-order chi connectivity index (χ0) is 17.5. The number of hydrogen-bond donors (Lipinski definition) is 2. The molecule has 0 saturated heterocycles. The number of benzene rings is 2. The lowest BCUT2D eigenvalue weighted by molar-refractivity contribution is -0.121. The van der Waals surface area contributed by atoms with Crippen LogP contribution in [0, 0.1) is 5.82 Å². The van der Waals surface area contributed by atoms with Gasteiger partial charge in [-0.05, 0) is 36.8 Å². The molecule has 3 aromatic rings. The zero-order valence-corrected chi connectivity index (χ0v) is 13.8. The molecule has 2 N–H and O–H groups in total. The molecule has 5 nitrogen and oxygen atoms in total. The average molecular weight is 341 g/mol. The van der Waals surface area contributed by atoms with E-state index in [0.29, 0.717) is 37.9 Å². The summed E-state index contributed by atoms with van der Waals surface area (Å²) in [7, 11) is 0. The number of nitrogens with zero attached hydrogens (tertiary/aromatic N) is 1. The molecular formula is C19H20FN3O2. The quantitative estimate of drug-likeness (QED) is 0.618. The Kier molecular flexibility index (Phi) is 5.61. The first kappa shape index (κ1) is 17.0. The van der Waals surface area contributed by atoms with Gasteiger partial charge in [-0.3, -0.25) is 4.79 Å². The Morgan fingerprint density at radius 1 is 1.20 bits per heavy atom. The molecule has 0 unspecified atom stereocenters. The molecule has 0 atom stereocenters. The van der Waals surface area contributed by atoms with Crippen LogP contribution in [0.25, 0.3) is 11.0 Å². The van der Waals surface area contributed by atoms with Gasteiger partial charge in [0.2, 0.25) is 5.91 Å². The summed E-state index contributed by atoms with van der Waals surface area (Å²) in [6.07, 6.45) is 1.64. The van der Waals surface area contributed by atoms with Crippen molar-refractivity contribution in [2.45, 2.75) is 19.3 Å². The van der Waals surface area contributed by atoms with Gasteiger partial charge in [0.15, 0.2) is 0 Å². The number of ether oxygens (including phenoxy) is 1. The Morgan fingerprint density at radius 3 is 2.88 bits per heavy atom. The van der Waals surface area contributed by atoms with Crippen LogP contribution in [0.15, 0.2) is 48.5 Å². The monoisotopic (exact) mass is 341 g/mol. The van der Waals surface area contributed by atoms with Crippen molar-refractivity contribution in [2.75, 3.05) is 13.2 Å². The van der Waals surface area contributed by atoms with Crippen LogP contribution in [0.3, 0.4) is 0 Å². The number of carbonyl (C=O) groups is 1. The number of halogens is 1. The van der Waals surface area contributed by atoms with Crippen molar-refractivity contribution in [3.8, 4) is 5.75 Å². The molecule has 0 saturated carbocycles. The fourth-order valence-corrected chi connectivity index (χ4v) is 2.50. The Hall–Kier alpha value is -2.89. The SMILES string of the molecule is O=C(CCCOc1ccccc1)NCCc1nc2ccc(F)cc2[nH]1. The summed E-state index contributed by atoms with van der Waals surface area (Å²) in [5.41, 5.74) is 1.39. The van der Waals surface area contributed by atoms with Crippen molar-refractivity contribution in [1.29, 1.82) is 0 Å². The minimum absolute atomic E-state index is 0.0150. The van der Waals surface area contributed by atoms with Gasteiger partial charge in [0.25, 0.3) is 0 Å². The van der Waals surface area contributed by atoms with Crippen molar-refractivity contribution >= 4 is 16.9 Å². The highest BCUT2D eigenvalue weighted by atomic mass is 19.1. The maximum absolute atomic E-state index is 13.1. The van der Waals surface area contributed by atoms with Gasteiger partial charge in [0.05, 0.1) is 17.6 Å². The Morgan fingerprint density at radius 2 is 2.04 bits per heavy atom. The second-order valence-corrected chi connectivity index (χ2v) is 5.71. The van der Waals surface area contributed by atoms with Crippen molar-refractivity contribution in [2.24, 2.45) is 0 Å². The van der Waals surface area contributed by atoms with Gasteiger partial charge in [-0.2, -0.15) is 0 Å². The van der Waals surface area contributed by atoms with Crippen LogP contribution in [-0.2, 0) is 11.2 Å². The van der Waals surface area contributed by atoms with Crippen molar-refractivity contribution < 1.29 is 13.9 Å². The summed E-state index contributed by atoms with van der Waals surface area (Å²) < 4.78 is 18.7. The summed E-state index contributed by atoms with van der Waals surface area (Å²) in [6.45, 7) is 0.993. The molecule has 0 aliphatic rings. The van der Waals surface area contributed by atoms with Crippen LogP contribution in [0.1, 0.15) is 18.7 Å². The zero-order valence-electron chi connectivity index (χ0n) is 13.8. The number of fused-ring (bicyclic) bond motifs is 1. The highest BCUT2D eigenvalue weighted by molar-refractivity contribution is 5.76. The molecule has 6 heteroatoms. The predicted molar refractivity (Wildman–Crippen MR) is 93.9 cm³/mol. The standard InChI is InChI=1S/C19H20FN3O2/c20-14-8-9-16-17(13-14)23-18(22-16)10-11-21-19(24)7-4-12-25-15-5-2-1-3-6-15/h1-3,5-6,8-9,13H,4,7,10-12H2,(H,21,24)(H,22,23). The molecule has 0 spiro atoms. The lowest BCUT2D eigenvalue weighted by Gasteiger charge is -2.06. The maximum atomic E-state index is 13.1. The third kappa shape index (κ3) is 5.04. The lowest BCUT2D eigenvalue weighted by Crippen LogP contribution is -2.26. The molecule has 1 amide bonds. The molecule has 3 rings (SSSR count). The second-order valence-electron chi connectivity index (χ2n) is 5.71. The van der Waals surface area contributed by atoms with Crippen molar-refractivity contribution in [3.05, 3.63) is 60.2 Å². The third-order valence-electron chi connectivity index (χ3n) is 3.74. The smallest absolute Gasteiger partial charge is 0.220 e. The minimum Gasteiger partial charge on any atom is -0.494 e. The molecule has 1 heterocycles. The number of aromatic amines is 1. The van der Waals surface area contributed by atoms with E-state index < -0.39 is 0 Å². The topological polar surface area (TPSA) is 67.0 Å². The van der Waals surface area contributed by atoms with Crippen molar-refractivity contribution in [3.63, 3.8) is 0 Å². The number of rotatable bonds is 8. The summed E-state index contributed by atoms with van der Waals surface area (Å²) in [4.78, 5) is 19.2. The molecule has 0 aliphatic heterocycles. The first-order chi connectivity index (χ1) is 12.2. The highest BCUT2D eigenvalue weighted by Crippen LogP contribution is 2.13. The van der Waals surface area contributed by atoms with E-state index in [1.54, 1.807) is 6.07 Å². The Balaban J connectivity index is 1.34. The number of para-hydroxylation sites is 1. The number of hydrogen-bond acceptors (Lipinski definition) is 3. The molecule has 2 aromatic carbocycles. The lowest BCUT2D eigenvalue weighted by atomic mass is 10.3. The average Bonchev–Trinajstić information content (AvgIpc) is 3.01. The van der Waals surface area contributed by atoms with Crippen LogP contribution in [-0.4, -0.2) is 29.0 Å². The number of nitrogens with one attached hydrogen (secondary N) is 2. The summed E-state index contributed by atoms with van der Waals surface area (Å²) in [6, 6.07) is 14.0. The van der Waals surface area contributed by atoms with E-state index in [-0.39, 0.29) is 11.7 Å². The fourth-order valence-electron chi connectivity index (χ4n) is 2.50. The molecule has 0 fully saturated rings. The molecule has 25 heavy (non-hydrogen) atoms. The molecule has 130 valence electrons. The first-order valence-corrected chi connectivity index (χ1v) is 8.29. The summed E-state index contributed by atoms with van der Waals surface area (Å²) in [5.74, 6) is 1.23. The van der Waals surface area contributed by atoms with Gasteiger partial charge in [-0.15, -0.1) is 0 Å². The van der Waals surface area contributed by atoms with Gasteiger partial charge in [0, 0.05) is 19.4 Å². The van der Waals surface area contributed by atoms with Crippen LogP contribution in [0.2, 0.25) is 0 Å². The van der Waals surface area contributed by atoms with Gasteiger partial charge in [0.1, 0.15) is 17.4 Å². The van der Waals surface area contributed by atoms with E-state index in [2.05, 4.69) is 15.3 Å². The third-order valence-corrected chi connectivity index (χ3v) is 3.74. The molecule has 1 aromatic heterocycles. The predicted octanol–water partition coefficient (Wildman–Crippen LogP) is 3.22. The van der Waals surface area contributed by atoms with E-state index in [1.165, 1.54) is 12.1 Å². The molecule has 0 aliphatic carbocycles. The van der Waals surface area contributed by atoms with Gasteiger partial charge in [-0.25, -0.2) is 9.37 Å². The largest absolute Gasteiger partial charge is 0.494 e. The number of H-pyrrole nitrogens is 1. The molecular weight excluding hydrogens is 321 g/mol. The van der Waals surface area contributed by atoms with Gasteiger partial charge >= 0.3 is 0 Å². The van der Waals surface area contributed by atoms with Gasteiger partial charge < -0.3 is 15.0 Å². The maximum Gasteiger partial charge on any atom is 0.220 e. The van der Waals surface area contributed by atoms with E-state index in [0.717, 1.165) is 17.1 Å². The number of aromatic nitrogens is 2. The molecule has 0 radical (unpaired) electrons. The second kappa shape index (κ2) is 8.28. The van der Waals surface area contributed by atoms with Gasteiger partial charge in [-0.1, -0.05) is 18.2 Å². The minimum atomic E-state index is -0.297. The van der Waals surface area contributed by atoms with Crippen LogP contribution in [0.5, 0.6) is 5.75 Å². The van der Waals surface area contributed by atoms with Crippen molar-refractivity contribution in [1.82, 2.24) is 15.3 Å². The number of imidazole rings is 1. The number of amides is 1. The van der Waals surface area contributed by atoms with Crippen LogP contribution < -0.4 is 10.1 Å². The fraction of sp³-hybridized carbons (Fsp3) is 0.263. The Labute approximate surface area is 145 Å². The summed E-state index contributed by atoms with van der Waals surface area (Å²) in [5, 5.41) is 2.86. The van der Waals surface area contributed by atoms with E-state index in [4.69, 9.17) is 4.74 Å². The van der Waals surface area contributed by atoms with E-state index in [1.807, 2.05) is 30.3 Å². The van der Waals surface area contributed by atoms with E-state index in [9.17, 15) is 9.18 Å². The molecule has 0 bridgehead atoms. The first-order valence-electron chi connectivity index (χ1n) is 8.29.